The molecule has 0 heterocycles. The number of ether oxygens (including phenoxy) is 2. The molecule has 24 heavy (non-hydrogen) atoms. The minimum absolute atomic E-state index is 0.301. The van der Waals surface area contributed by atoms with Gasteiger partial charge in [-0.15, -0.1) is 11.6 Å². The van der Waals surface area contributed by atoms with Crippen LogP contribution in [0.25, 0.3) is 0 Å². The molecule has 0 saturated heterocycles. The molecule has 0 fully saturated rings. The summed E-state index contributed by atoms with van der Waals surface area (Å²) in [5.74, 6) is 1.22. The van der Waals surface area contributed by atoms with Crippen LogP contribution in [0.1, 0.15) is 31.9 Å². The van der Waals surface area contributed by atoms with Crippen molar-refractivity contribution in [2.45, 2.75) is 25.6 Å². The summed E-state index contributed by atoms with van der Waals surface area (Å²) in [4.78, 5) is -0.821. The maximum atomic E-state index is 7.20. The summed E-state index contributed by atoms with van der Waals surface area (Å²) in [6.45, 7) is 6.24. The molecule has 0 bridgehead atoms. The largest absolute Gasteiger partial charge is 0.495 e. The summed E-state index contributed by atoms with van der Waals surface area (Å²) >= 11 is 19.8. The molecule has 2 aromatic carbocycles. The average molecular weight is 388 g/mol. The van der Waals surface area contributed by atoms with Crippen LogP contribution < -0.4 is 9.47 Å². The van der Waals surface area contributed by atoms with Crippen molar-refractivity contribution in [1.82, 2.24) is 0 Å². The van der Waals surface area contributed by atoms with Crippen molar-refractivity contribution in [2.75, 3.05) is 14.2 Å². The highest BCUT2D eigenvalue weighted by atomic mass is 35.5. The van der Waals surface area contributed by atoms with Gasteiger partial charge in [0, 0.05) is 0 Å². The van der Waals surface area contributed by atoms with Crippen molar-refractivity contribution >= 4 is 34.8 Å². The summed E-state index contributed by atoms with van der Waals surface area (Å²) in [6, 6.07) is 11.2. The second-order valence-corrected chi connectivity index (χ2v) is 7.99. The van der Waals surface area contributed by atoms with Crippen LogP contribution in [0.2, 0.25) is 10.0 Å². The van der Waals surface area contributed by atoms with Gasteiger partial charge in [0.05, 0.1) is 29.1 Å². The van der Waals surface area contributed by atoms with Crippen molar-refractivity contribution in [2.24, 2.45) is 5.41 Å². The summed E-state index contributed by atoms with van der Waals surface area (Å²) in [5.41, 5.74) is 1.46. The maximum Gasteiger partial charge on any atom is 0.137 e. The topological polar surface area (TPSA) is 18.5 Å². The van der Waals surface area contributed by atoms with Crippen molar-refractivity contribution in [3.63, 3.8) is 0 Å². The van der Waals surface area contributed by atoms with E-state index in [0.29, 0.717) is 21.5 Å². The van der Waals surface area contributed by atoms with Crippen LogP contribution in [0.15, 0.2) is 36.4 Å². The normalized spacial score (nSPS) is 12.2. The molecule has 2 rings (SSSR count). The van der Waals surface area contributed by atoms with E-state index in [-0.39, 0.29) is 5.41 Å². The Morgan fingerprint density at radius 1 is 0.750 bits per heavy atom. The molecule has 0 N–H and O–H groups in total. The number of hydrogen-bond donors (Lipinski definition) is 0. The van der Waals surface area contributed by atoms with Crippen molar-refractivity contribution in [3.05, 3.63) is 57.6 Å². The van der Waals surface area contributed by atoms with Gasteiger partial charge in [-0.25, -0.2) is 0 Å². The molecule has 0 aromatic heterocycles. The summed E-state index contributed by atoms with van der Waals surface area (Å²) in [5, 5.41) is 1.03. The number of benzene rings is 2. The molecule has 2 aromatic rings. The van der Waals surface area contributed by atoms with Crippen LogP contribution in [-0.2, 0) is 4.87 Å². The monoisotopic (exact) mass is 386 g/mol. The van der Waals surface area contributed by atoms with Crippen LogP contribution in [0.3, 0.4) is 0 Å². The van der Waals surface area contributed by atoms with Gasteiger partial charge < -0.3 is 9.47 Å². The third-order valence-corrected chi connectivity index (χ3v) is 5.73. The van der Waals surface area contributed by atoms with E-state index in [1.54, 1.807) is 14.2 Å². The molecule has 0 atom stereocenters. The highest BCUT2D eigenvalue weighted by Gasteiger charge is 2.44. The van der Waals surface area contributed by atoms with Crippen LogP contribution in [-0.4, -0.2) is 14.2 Å². The minimum atomic E-state index is -0.821. The molecule has 0 aliphatic heterocycles. The average Bonchev–Trinajstić information content (AvgIpc) is 2.52. The van der Waals surface area contributed by atoms with Gasteiger partial charge in [-0.2, -0.15) is 0 Å². The SMILES string of the molecule is COc1ccc(C(Cl)(c2ccc(OC)c(Cl)c2)C(C)(C)C)cc1Cl. The number of alkyl halides is 1. The molecule has 0 radical (unpaired) electrons. The lowest BCUT2D eigenvalue weighted by Crippen LogP contribution is -2.36. The van der Waals surface area contributed by atoms with E-state index >= 15 is 0 Å². The van der Waals surface area contributed by atoms with Gasteiger partial charge >= 0.3 is 0 Å². The van der Waals surface area contributed by atoms with Gasteiger partial charge in [0.1, 0.15) is 11.5 Å². The Bertz CT molecular complexity index is 682. The van der Waals surface area contributed by atoms with E-state index in [1.807, 2.05) is 36.4 Å². The second-order valence-electron chi connectivity index (χ2n) is 6.61. The molecule has 0 amide bonds. The number of hydrogen-bond acceptors (Lipinski definition) is 2. The summed E-state index contributed by atoms with van der Waals surface area (Å²) in [7, 11) is 3.17. The smallest absolute Gasteiger partial charge is 0.137 e. The molecule has 2 nitrogen and oxygen atoms in total. The van der Waals surface area contributed by atoms with Crippen molar-refractivity contribution in [1.29, 1.82) is 0 Å². The zero-order chi connectivity index (χ0) is 18.1. The Labute approximate surface area is 158 Å². The fourth-order valence-electron chi connectivity index (χ4n) is 2.79. The minimum Gasteiger partial charge on any atom is -0.495 e. The van der Waals surface area contributed by atoms with E-state index in [9.17, 15) is 0 Å². The van der Waals surface area contributed by atoms with Crippen molar-refractivity contribution in [3.8, 4) is 11.5 Å². The van der Waals surface area contributed by atoms with Crippen LogP contribution in [0.4, 0.5) is 0 Å². The lowest BCUT2D eigenvalue weighted by Gasteiger charge is -2.41. The standard InChI is InChI=1S/C19H21Cl3O2/c1-18(2,3)19(22,12-6-8-16(23-4)14(20)10-12)13-7-9-17(24-5)15(21)11-13/h6-11H,1-5H3. The van der Waals surface area contributed by atoms with E-state index in [4.69, 9.17) is 44.3 Å². The quantitative estimate of drug-likeness (QED) is 0.554. The maximum absolute atomic E-state index is 7.20. The molecule has 0 spiro atoms. The number of rotatable bonds is 4. The van der Waals surface area contributed by atoms with Crippen LogP contribution in [0, 0.1) is 5.41 Å². The Hall–Kier alpha value is -1.09. The van der Waals surface area contributed by atoms with Crippen LogP contribution in [0.5, 0.6) is 11.5 Å². The Morgan fingerprint density at radius 2 is 1.12 bits per heavy atom. The molecule has 0 saturated carbocycles. The first-order valence-electron chi connectivity index (χ1n) is 7.52. The molecule has 130 valence electrons. The second kappa shape index (κ2) is 7.03. The fraction of sp³-hybridized carbons (Fsp3) is 0.368. The summed E-state index contributed by atoms with van der Waals surface area (Å²) in [6.07, 6.45) is 0. The molecule has 0 aliphatic carbocycles. The van der Waals surface area contributed by atoms with Gasteiger partial charge in [0.15, 0.2) is 0 Å². The van der Waals surface area contributed by atoms with E-state index < -0.39 is 4.87 Å². The van der Waals surface area contributed by atoms with Crippen molar-refractivity contribution < 1.29 is 9.47 Å². The lowest BCUT2D eigenvalue weighted by atomic mass is 9.71. The van der Waals surface area contributed by atoms with Gasteiger partial charge in [-0.05, 0) is 40.8 Å². The van der Waals surface area contributed by atoms with Gasteiger partial charge in [0.2, 0.25) is 0 Å². The number of halogens is 3. The van der Waals surface area contributed by atoms with E-state index in [2.05, 4.69) is 20.8 Å². The first-order chi connectivity index (χ1) is 11.1. The Balaban J connectivity index is 2.68. The lowest BCUT2D eigenvalue weighted by molar-refractivity contribution is 0.317. The molecule has 5 heteroatoms. The van der Waals surface area contributed by atoms with Gasteiger partial charge in [-0.1, -0.05) is 56.1 Å². The zero-order valence-electron chi connectivity index (χ0n) is 14.4. The first-order valence-corrected chi connectivity index (χ1v) is 8.65. The van der Waals surface area contributed by atoms with Crippen LogP contribution >= 0.6 is 34.8 Å². The first kappa shape index (κ1) is 19.2. The predicted octanol–water partition coefficient (Wildman–Crippen LogP) is 6.54. The van der Waals surface area contributed by atoms with Gasteiger partial charge in [0.25, 0.3) is 0 Å². The number of methoxy groups -OCH3 is 2. The third kappa shape index (κ3) is 3.33. The zero-order valence-corrected chi connectivity index (χ0v) is 16.7. The van der Waals surface area contributed by atoms with Gasteiger partial charge in [-0.3, -0.25) is 0 Å². The molecular weight excluding hydrogens is 367 g/mol. The van der Waals surface area contributed by atoms with E-state index in [0.717, 1.165) is 11.1 Å². The summed E-state index contributed by atoms with van der Waals surface area (Å²) < 4.78 is 10.5. The Kier molecular flexibility index (Phi) is 5.64. The highest BCUT2D eigenvalue weighted by Crippen LogP contribution is 2.52. The highest BCUT2D eigenvalue weighted by molar-refractivity contribution is 6.33. The third-order valence-electron chi connectivity index (χ3n) is 4.13. The fourth-order valence-corrected chi connectivity index (χ4v) is 3.54. The predicted molar refractivity (Wildman–Crippen MR) is 102 cm³/mol. The Morgan fingerprint density at radius 3 is 1.38 bits per heavy atom. The molecule has 0 unspecified atom stereocenters. The molecular formula is C19H21Cl3O2. The van der Waals surface area contributed by atoms with E-state index in [1.165, 1.54) is 0 Å². The molecule has 0 aliphatic rings.